The van der Waals surface area contributed by atoms with Crippen LogP contribution in [0.5, 0.6) is 0 Å². The van der Waals surface area contributed by atoms with E-state index >= 15 is 4.39 Å². The Kier molecular flexibility index (Phi) is 5.81. The molecule has 6 nitrogen and oxygen atoms in total. The summed E-state index contributed by atoms with van der Waals surface area (Å²) in [7, 11) is 0. The Balaban J connectivity index is 1.85. The van der Waals surface area contributed by atoms with Crippen molar-refractivity contribution in [1.29, 1.82) is 0 Å². The van der Waals surface area contributed by atoms with E-state index < -0.39 is 47.0 Å². The lowest BCUT2D eigenvalue weighted by atomic mass is 9.93. The fourth-order valence-electron chi connectivity index (χ4n) is 3.45. The molecule has 0 unspecified atom stereocenters. The number of benzene rings is 3. The molecule has 0 fully saturated rings. The van der Waals surface area contributed by atoms with Gasteiger partial charge in [-0.05, 0) is 30.3 Å². The van der Waals surface area contributed by atoms with E-state index in [1.165, 1.54) is 30.3 Å². The highest BCUT2D eigenvalue weighted by Gasteiger charge is 2.31. The van der Waals surface area contributed by atoms with Gasteiger partial charge in [0.2, 0.25) is 11.6 Å². The van der Waals surface area contributed by atoms with Crippen molar-refractivity contribution in [3.8, 4) is 0 Å². The summed E-state index contributed by atoms with van der Waals surface area (Å²) in [4.78, 5) is 26.7. The molecule has 162 valence electrons. The number of halogens is 2. The van der Waals surface area contributed by atoms with Crippen LogP contribution in [0.3, 0.4) is 0 Å². The molecular formula is C24H18F2N2O4. The smallest absolute Gasteiger partial charge is 0.203 e. The van der Waals surface area contributed by atoms with Gasteiger partial charge in [-0.25, -0.2) is 8.78 Å². The molecule has 32 heavy (non-hydrogen) atoms. The normalized spacial score (nSPS) is 13.1. The number of fused-ring (bicyclic) bond motifs is 1. The number of ketones is 2. The predicted octanol–water partition coefficient (Wildman–Crippen LogP) is 3.81. The van der Waals surface area contributed by atoms with Crippen molar-refractivity contribution >= 4 is 22.9 Å². The third-order valence-corrected chi connectivity index (χ3v) is 5.04. The summed E-state index contributed by atoms with van der Waals surface area (Å²) >= 11 is 0. The van der Waals surface area contributed by atoms with Crippen molar-refractivity contribution in [2.75, 3.05) is 17.2 Å². The fraction of sp³-hybridized carbons (Fsp3) is 0.0833. The van der Waals surface area contributed by atoms with Crippen molar-refractivity contribution in [3.63, 3.8) is 0 Å². The molecule has 0 spiro atoms. The van der Waals surface area contributed by atoms with Gasteiger partial charge in [0.25, 0.3) is 0 Å². The summed E-state index contributed by atoms with van der Waals surface area (Å²) in [5, 5.41) is 24.9. The summed E-state index contributed by atoms with van der Waals surface area (Å²) in [5.74, 6) is -3.48. The molecule has 4 N–H and O–H groups in total. The summed E-state index contributed by atoms with van der Waals surface area (Å²) in [6.45, 7) is -0.747. The van der Waals surface area contributed by atoms with E-state index in [2.05, 4.69) is 10.6 Å². The topological polar surface area (TPSA) is 98.7 Å². The van der Waals surface area contributed by atoms with E-state index in [0.29, 0.717) is 11.4 Å². The molecule has 0 saturated carbocycles. The average Bonchev–Trinajstić information content (AvgIpc) is 3.22. The Bertz CT molecular complexity index is 1230. The Morgan fingerprint density at radius 3 is 2.16 bits per heavy atom. The van der Waals surface area contributed by atoms with Crippen LogP contribution in [0, 0.1) is 11.6 Å². The van der Waals surface area contributed by atoms with E-state index in [9.17, 15) is 19.1 Å². The number of aliphatic hydroxyl groups is 2. The number of allylic oxidation sites excluding steroid dienone is 1. The number of aliphatic hydroxyl groups excluding tert-OH is 2. The van der Waals surface area contributed by atoms with Gasteiger partial charge in [-0.2, -0.15) is 0 Å². The van der Waals surface area contributed by atoms with Crippen LogP contribution in [0.2, 0.25) is 0 Å². The van der Waals surface area contributed by atoms with E-state index in [4.69, 9.17) is 5.11 Å². The third-order valence-electron chi connectivity index (χ3n) is 5.04. The predicted molar refractivity (Wildman–Crippen MR) is 114 cm³/mol. The summed E-state index contributed by atoms with van der Waals surface area (Å²) in [6, 6.07) is 15.5. The number of Topliss-reactive ketones (excluding diaryl/α,β-unsaturated/α-hetero) is 2. The fourth-order valence-corrected chi connectivity index (χ4v) is 3.45. The van der Waals surface area contributed by atoms with Gasteiger partial charge in [0, 0.05) is 11.1 Å². The first-order valence-corrected chi connectivity index (χ1v) is 9.70. The maximum absolute atomic E-state index is 15.1. The van der Waals surface area contributed by atoms with Gasteiger partial charge in [0.15, 0.2) is 0 Å². The maximum atomic E-state index is 15.1. The Labute approximate surface area is 181 Å². The van der Waals surface area contributed by atoms with Gasteiger partial charge in [-0.15, -0.1) is 0 Å². The standard InChI is InChI=1S/C24H18F2N2O4/c25-14-6-3-5-13(11-14)22(31)20(24-27-17-9-1-2-10-18(17)28-24)23(32)16-8-4-7-15(21(16)26)19(30)12-29/h1-11,19,27-30H,12H2/t19-/m0/s1. The zero-order valence-corrected chi connectivity index (χ0v) is 16.6. The molecule has 1 aliphatic heterocycles. The van der Waals surface area contributed by atoms with E-state index in [0.717, 1.165) is 12.1 Å². The first-order valence-electron chi connectivity index (χ1n) is 9.70. The molecular weight excluding hydrogens is 418 g/mol. The first kappa shape index (κ1) is 21.4. The van der Waals surface area contributed by atoms with Gasteiger partial charge in [0.1, 0.15) is 29.1 Å². The zero-order chi connectivity index (χ0) is 22.8. The molecule has 1 atom stereocenters. The van der Waals surface area contributed by atoms with E-state index in [-0.39, 0.29) is 16.9 Å². The molecule has 0 bridgehead atoms. The number of carbonyl (C=O) groups excluding carboxylic acids is 2. The van der Waals surface area contributed by atoms with Crippen molar-refractivity contribution in [1.82, 2.24) is 0 Å². The molecule has 1 heterocycles. The lowest BCUT2D eigenvalue weighted by Crippen LogP contribution is -2.22. The monoisotopic (exact) mass is 436 g/mol. The summed E-state index contributed by atoms with van der Waals surface area (Å²) in [6.07, 6.45) is -1.54. The van der Waals surface area contributed by atoms with Crippen LogP contribution in [-0.2, 0) is 0 Å². The largest absolute Gasteiger partial charge is 0.393 e. The number of nitrogens with one attached hydrogen (secondary N) is 2. The maximum Gasteiger partial charge on any atom is 0.203 e. The highest BCUT2D eigenvalue weighted by molar-refractivity contribution is 6.32. The van der Waals surface area contributed by atoms with Crippen molar-refractivity contribution in [3.05, 3.63) is 106 Å². The number of para-hydroxylation sites is 2. The second-order valence-corrected chi connectivity index (χ2v) is 7.12. The molecule has 4 rings (SSSR count). The first-order chi connectivity index (χ1) is 15.4. The minimum absolute atomic E-state index is 0.0259. The molecule has 0 amide bonds. The Morgan fingerprint density at radius 2 is 1.53 bits per heavy atom. The number of hydrogen-bond donors (Lipinski definition) is 4. The Morgan fingerprint density at radius 1 is 0.875 bits per heavy atom. The minimum atomic E-state index is -1.54. The van der Waals surface area contributed by atoms with Crippen molar-refractivity contribution in [2.24, 2.45) is 0 Å². The molecule has 0 aliphatic carbocycles. The van der Waals surface area contributed by atoms with E-state index in [1.807, 2.05) is 0 Å². The van der Waals surface area contributed by atoms with Crippen LogP contribution in [-0.4, -0.2) is 28.4 Å². The Hall–Kier alpha value is -3.88. The highest BCUT2D eigenvalue weighted by atomic mass is 19.1. The van der Waals surface area contributed by atoms with Gasteiger partial charge in [-0.1, -0.05) is 36.4 Å². The van der Waals surface area contributed by atoms with Gasteiger partial charge in [-0.3, -0.25) is 9.59 Å². The molecule has 0 radical (unpaired) electrons. The summed E-state index contributed by atoms with van der Waals surface area (Å²) in [5.41, 5.74) is -0.0680. The molecule has 8 heteroatoms. The number of carbonyl (C=O) groups is 2. The molecule has 3 aromatic rings. The number of hydrogen-bond acceptors (Lipinski definition) is 6. The zero-order valence-electron chi connectivity index (χ0n) is 16.6. The molecule has 1 aliphatic rings. The van der Waals surface area contributed by atoms with Gasteiger partial charge < -0.3 is 20.8 Å². The van der Waals surface area contributed by atoms with Crippen LogP contribution in [0.1, 0.15) is 32.4 Å². The lowest BCUT2D eigenvalue weighted by Gasteiger charge is -2.14. The molecule has 0 aromatic heterocycles. The minimum Gasteiger partial charge on any atom is -0.393 e. The van der Waals surface area contributed by atoms with Gasteiger partial charge >= 0.3 is 0 Å². The quantitative estimate of drug-likeness (QED) is 0.203. The van der Waals surface area contributed by atoms with Gasteiger partial charge in [0.05, 0.1) is 23.5 Å². The number of anilines is 2. The SMILES string of the molecule is O=C(C(C(=O)c1cccc([C@@H](O)CO)c1F)=C1Nc2ccccc2N1)c1cccc(F)c1. The number of rotatable bonds is 6. The average molecular weight is 436 g/mol. The van der Waals surface area contributed by atoms with Crippen LogP contribution < -0.4 is 10.6 Å². The van der Waals surface area contributed by atoms with E-state index in [1.54, 1.807) is 24.3 Å². The molecule has 0 saturated heterocycles. The lowest BCUT2D eigenvalue weighted by molar-refractivity contribution is 0.0915. The second-order valence-electron chi connectivity index (χ2n) is 7.12. The second kappa shape index (κ2) is 8.70. The van der Waals surface area contributed by atoms with Crippen LogP contribution in [0.4, 0.5) is 20.2 Å². The van der Waals surface area contributed by atoms with Crippen LogP contribution in [0.25, 0.3) is 0 Å². The van der Waals surface area contributed by atoms with Crippen molar-refractivity contribution in [2.45, 2.75) is 6.10 Å². The summed E-state index contributed by atoms with van der Waals surface area (Å²) < 4.78 is 28.8. The highest BCUT2D eigenvalue weighted by Crippen LogP contribution is 2.33. The van der Waals surface area contributed by atoms with Crippen LogP contribution in [0.15, 0.2) is 78.1 Å². The van der Waals surface area contributed by atoms with Crippen LogP contribution >= 0.6 is 0 Å². The van der Waals surface area contributed by atoms with Crippen molar-refractivity contribution < 1.29 is 28.6 Å². The molecule has 3 aromatic carbocycles. The third kappa shape index (κ3) is 3.89.